The molecule has 0 fully saturated rings. The number of H-pyrrole nitrogens is 2. The molecule has 1 unspecified atom stereocenters. The van der Waals surface area contributed by atoms with Crippen LogP contribution in [-0.2, 0) is 22.5 Å². The van der Waals surface area contributed by atoms with Gasteiger partial charge >= 0.3 is 22.5 Å². The molecule has 2 aromatic heterocycles. The number of ether oxygens (including phenoxy) is 2. The number of hydrogen-bond acceptors (Lipinski definition) is 8. The van der Waals surface area contributed by atoms with Crippen LogP contribution in [0.2, 0.25) is 0 Å². The number of nitrogens with one attached hydrogen (secondary N) is 2. The number of hydrogen-bond donors (Lipinski definition) is 3. The maximum absolute atomic E-state index is 11.2. The van der Waals surface area contributed by atoms with Gasteiger partial charge < -0.3 is 24.5 Å². The first kappa shape index (κ1) is 29.2. The first-order valence-corrected chi connectivity index (χ1v) is 13.3. The van der Waals surface area contributed by atoms with Gasteiger partial charge in [-0.1, -0.05) is 12.1 Å². The van der Waals surface area contributed by atoms with E-state index >= 15 is 0 Å². The van der Waals surface area contributed by atoms with E-state index in [1.54, 1.807) is 50.8 Å². The molecule has 0 bridgehead atoms. The number of carbonyl (C=O) groups is 1. The fourth-order valence-electron chi connectivity index (χ4n) is 3.80. The Morgan fingerprint density at radius 1 is 0.732 bits per heavy atom. The third-order valence-electron chi connectivity index (χ3n) is 5.88. The molecule has 0 saturated heterocycles. The van der Waals surface area contributed by atoms with Crippen molar-refractivity contribution in [3.63, 3.8) is 0 Å². The quantitative estimate of drug-likeness (QED) is 0.142. The fourth-order valence-corrected chi connectivity index (χ4v) is 3.80. The third kappa shape index (κ3) is 8.09. The number of ketones is 1. The normalized spacial score (nSPS) is 11.0. The summed E-state index contributed by atoms with van der Waals surface area (Å²) in [6.45, 7) is 3.28. The van der Waals surface area contributed by atoms with E-state index < -0.39 is 20.9 Å². The number of aromatic amines is 2. The summed E-state index contributed by atoms with van der Waals surface area (Å²) in [5.41, 5.74) is 5.24. The summed E-state index contributed by atoms with van der Waals surface area (Å²) in [5, 5.41) is 9.45. The van der Waals surface area contributed by atoms with Crippen LogP contribution in [0.3, 0.4) is 0 Å². The summed E-state index contributed by atoms with van der Waals surface area (Å²) in [5.74, 6) is 2.96. The summed E-state index contributed by atoms with van der Waals surface area (Å²) in [7, 11) is 0. The van der Waals surface area contributed by atoms with Crippen LogP contribution in [0.1, 0.15) is 35.9 Å². The number of benzene rings is 4. The molecule has 0 amide bonds. The van der Waals surface area contributed by atoms with Crippen LogP contribution < -0.4 is 9.47 Å². The Balaban J connectivity index is 0.000000173. The first-order chi connectivity index (χ1) is 19.9. The van der Waals surface area contributed by atoms with Gasteiger partial charge in [0.2, 0.25) is 0 Å². The molecule has 4 aromatic carbocycles. The second-order valence-electron chi connectivity index (χ2n) is 8.76. The molecule has 11 heteroatoms. The molecule has 0 radical (unpaired) electrons. The molecule has 41 heavy (non-hydrogen) atoms. The van der Waals surface area contributed by atoms with E-state index in [2.05, 4.69) is 19.9 Å². The number of nitrogens with zero attached hydrogens (tertiary/aromatic N) is 2. The van der Waals surface area contributed by atoms with Crippen molar-refractivity contribution in [2.45, 2.75) is 20.0 Å². The molecule has 2 heterocycles. The van der Waals surface area contributed by atoms with Crippen molar-refractivity contribution in [1.82, 2.24) is 19.9 Å². The zero-order chi connectivity index (χ0) is 29.2. The van der Waals surface area contributed by atoms with Crippen LogP contribution in [0.5, 0.6) is 23.0 Å². The number of imidazole rings is 2. The SMILES string of the molecule is CC(=O)c1ccc(Oc2ccc3nc[nH]c3c2)cc1.CC(O)c1ccc(Oc2ccc3nc[nH]c3c2)cc1.[O]=[Mn]=[O]. The van der Waals surface area contributed by atoms with Crippen molar-refractivity contribution < 1.29 is 41.9 Å². The average molecular weight is 593 g/mol. The molecule has 10 nitrogen and oxygen atoms in total. The number of rotatable bonds is 6. The van der Waals surface area contributed by atoms with Crippen molar-refractivity contribution in [2.75, 3.05) is 0 Å². The molecule has 3 N–H and O–H groups in total. The zero-order valence-electron chi connectivity index (χ0n) is 22.1. The Hall–Kier alpha value is -4.83. The molecular weight excluding hydrogens is 567 g/mol. The van der Waals surface area contributed by atoms with Crippen LogP contribution in [-0.4, -0.2) is 30.8 Å². The molecule has 0 aliphatic carbocycles. The number of fused-ring (bicyclic) bond motifs is 2. The van der Waals surface area contributed by atoms with Gasteiger partial charge in [-0.15, -0.1) is 0 Å². The number of aromatic nitrogens is 4. The Morgan fingerprint density at radius 3 is 1.56 bits per heavy atom. The van der Waals surface area contributed by atoms with E-state index in [-0.39, 0.29) is 5.78 Å². The van der Waals surface area contributed by atoms with Gasteiger partial charge in [-0.05, 0) is 80.1 Å². The average Bonchev–Trinajstić information content (AvgIpc) is 3.63. The predicted octanol–water partition coefficient (Wildman–Crippen LogP) is 6.73. The standard InChI is InChI=1S/C15H14N2O2.C15H12N2O2.Mn.2O/c2*1-10(18)11-2-4-12(5-3-11)19-13-6-7-14-15(8-13)17-9-16-14;;;/h2-10,18H,1H3,(H,16,17);2-9H,1H3,(H,16,17);;;. The maximum atomic E-state index is 11.2. The molecule has 6 rings (SSSR count). The van der Waals surface area contributed by atoms with E-state index in [1.165, 1.54) is 0 Å². The molecular formula is C30H26MnN4O6. The first-order valence-electron chi connectivity index (χ1n) is 12.4. The molecule has 1 atom stereocenters. The van der Waals surface area contributed by atoms with Crippen molar-refractivity contribution in [3.05, 3.63) is 109 Å². The van der Waals surface area contributed by atoms with Crippen LogP contribution >= 0.6 is 0 Å². The van der Waals surface area contributed by atoms with Gasteiger partial charge in [-0.2, -0.15) is 0 Å². The number of carbonyl (C=O) groups excluding carboxylic acids is 1. The van der Waals surface area contributed by atoms with Gasteiger partial charge in [0, 0.05) is 17.7 Å². The van der Waals surface area contributed by atoms with Crippen LogP contribution in [0.4, 0.5) is 0 Å². The fraction of sp³-hybridized carbons (Fsp3) is 0.100. The van der Waals surface area contributed by atoms with Crippen molar-refractivity contribution in [1.29, 1.82) is 0 Å². The number of aliphatic hydroxyl groups excluding tert-OH is 1. The monoisotopic (exact) mass is 593 g/mol. The molecule has 0 aliphatic rings. The summed E-state index contributed by atoms with van der Waals surface area (Å²) in [6, 6.07) is 25.8. The van der Waals surface area contributed by atoms with Gasteiger partial charge in [-0.25, -0.2) is 9.97 Å². The minimum atomic E-state index is -1.44. The predicted molar refractivity (Wildman–Crippen MR) is 147 cm³/mol. The van der Waals surface area contributed by atoms with Crippen LogP contribution in [0.25, 0.3) is 22.1 Å². The molecule has 0 spiro atoms. The van der Waals surface area contributed by atoms with Gasteiger partial charge in [0.05, 0.1) is 40.8 Å². The topological polar surface area (TPSA) is 147 Å². The second-order valence-corrected chi connectivity index (χ2v) is 8.95. The summed E-state index contributed by atoms with van der Waals surface area (Å²) < 4.78 is 28.3. The summed E-state index contributed by atoms with van der Waals surface area (Å²) in [6.07, 6.45) is 2.84. The van der Waals surface area contributed by atoms with E-state index in [4.69, 9.17) is 17.1 Å². The Morgan fingerprint density at radius 2 is 1.15 bits per heavy atom. The molecule has 0 aliphatic heterocycles. The van der Waals surface area contributed by atoms with E-state index in [1.807, 2.05) is 60.7 Å². The van der Waals surface area contributed by atoms with E-state index in [0.717, 1.165) is 44.9 Å². The third-order valence-corrected chi connectivity index (χ3v) is 5.88. The van der Waals surface area contributed by atoms with Gasteiger partial charge in [0.1, 0.15) is 23.0 Å². The van der Waals surface area contributed by atoms with Gasteiger partial charge in [0.25, 0.3) is 0 Å². The molecule has 6 aromatic rings. The van der Waals surface area contributed by atoms with Gasteiger partial charge in [0.15, 0.2) is 5.78 Å². The molecule has 0 saturated carbocycles. The minimum absolute atomic E-state index is 0.0467. The van der Waals surface area contributed by atoms with Crippen molar-refractivity contribution >= 4 is 27.9 Å². The van der Waals surface area contributed by atoms with Crippen LogP contribution in [0.15, 0.2) is 97.6 Å². The zero-order valence-corrected chi connectivity index (χ0v) is 23.3. The summed E-state index contributed by atoms with van der Waals surface area (Å²) in [4.78, 5) is 25.6. The summed E-state index contributed by atoms with van der Waals surface area (Å²) >= 11 is -1.44. The Labute approximate surface area is 240 Å². The van der Waals surface area contributed by atoms with E-state index in [9.17, 15) is 9.90 Å². The van der Waals surface area contributed by atoms with E-state index in [0.29, 0.717) is 11.3 Å². The second kappa shape index (κ2) is 14.0. The van der Waals surface area contributed by atoms with Crippen molar-refractivity contribution in [3.8, 4) is 23.0 Å². The van der Waals surface area contributed by atoms with Gasteiger partial charge in [-0.3, -0.25) is 4.79 Å². The number of Topliss-reactive ketones (excluding diaryl/α,β-unsaturated/α-hetero) is 1. The van der Waals surface area contributed by atoms with Crippen LogP contribution in [0, 0.1) is 0 Å². The Kier molecular flexibility index (Phi) is 9.95. The van der Waals surface area contributed by atoms with Crippen molar-refractivity contribution in [2.24, 2.45) is 0 Å². The number of aliphatic hydroxyl groups is 1. The Bertz CT molecular complexity index is 1770. The molecule has 209 valence electrons.